The first-order valence-electron chi connectivity index (χ1n) is 10.9. The van der Waals surface area contributed by atoms with E-state index in [2.05, 4.69) is 118 Å². The number of hydrogen-bond acceptors (Lipinski definition) is 2. The standard InChI is InChI=1S/C30H23BrN2/c31-24-15-11-23(12-16-24)30-21-28(33-26-9-5-2-6-10-26)19-20-29(30)22-13-17-27(18-14-22)32-25-7-3-1-4-8-25/h1-21,32-33H. The van der Waals surface area contributed by atoms with Crippen LogP contribution in [0.4, 0.5) is 22.7 Å². The molecule has 3 heteroatoms. The average Bonchev–Trinajstić information content (AvgIpc) is 2.86. The van der Waals surface area contributed by atoms with Crippen LogP contribution in [-0.2, 0) is 0 Å². The van der Waals surface area contributed by atoms with E-state index in [1.165, 1.54) is 22.3 Å². The van der Waals surface area contributed by atoms with E-state index in [0.717, 1.165) is 27.2 Å². The second-order valence-electron chi connectivity index (χ2n) is 7.83. The molecule has 0 amide bonds. The first-order chi connectivity index (χ1) is 16.2. The first-order valence-corrected chi connectivity index (χ1v) is 11.7. The van der Waals surface area contributed by atoms with Gasteiger partial charge >= 0.3 is 0 Å². The maximum Gasteiger partial charge on any atom is 0.0390 e. The van der Waals surface area contributed by atoms with Gasteiger partial charge in [0.05, 0.1) is 0 Å². The Morgan fingerprint density at radius 3 is 1.45 bits per heavy atom. The van der Waals surface area contributed by atoms with Crippen LogP contribution in [0.15, 0.2) is 132 Å². The first kappa shape index (κ1) is 21.0. The lowest BCUT2D eigenvalue weighted by molar-refractivity contribution is 1.51. The van der Waals surface area contributed by atoms with Crippen LogP contribution in [0.2, 0.25) is 0 Å². The van der Waals surface area contributed by atoms with E-state index in [4.69, 9.17) is 0 Å². The zero-order valence-electron chi connectivity index (χ0n) is 18.0. The number of rotatable bonds is 6. The molecule has 0 atom stereocenters. The lowest BCUT2D eigenvalue weighted by Gasteiger charge is -2.15. The average molecular weight is 491 g/mol. The zero-order chi connectivity index (χ0) is 22.5. The van der Waals surface area contributed by atoms with Crippen LogP contribution >= 0.6 is 15.9 Å². The van der Waals surface area contributed by atoms with Crippen molar-refractivity contribution in [2.45, 2.75) is 0 Å². The topological polar surface area (TPSA) is 24.1 Å². The molecule has 0 unspecified atom stereocenters. The quantitative estimate of drug-likeness (QED) is 0.247. The summed E-state index contributed by atoms with van der Waals surface area (Å²) >= 11 is 3.56. The van der Waals surface area contributed by atoms with E-state index in [1.807, 2.05) is 36.4 Å². The maximum absolute atomic E-state index is 3.56. The third-order valence-corrected chi connectivity index (χ3v) is 6.02. The Labute approximate surface area is 203 Å². The summed E-state index contributed by atoms with van der Waals surface area (Å²) in [5.74, 6) is 0. The third-order valence-electron chi connectivity index (χ3n) is 5.50. The van der Waals surface area contributed by atoms with Gasteiger partial charge in [-0.15, -0.1) is 0 Å². The van der Waals surface area contributed by atoms with Crippen molar-refractivity contribution in [2.75, 3.05) is 10.6 Å². The van der Waals surface area contributed by atoms with E-state index < -0.39 is 0 Å². The Kier molecular flexibility index (Phi) is 6.23. The van der Waals surface area contributed by atoms with Crippen molar-refractivity contribution in [3.8, 4) is 22.3 Å². The molecule has 5 aromatic rings. The van der Waals surface area contributed by atoms with Gasteiger partial charge in [-0.1, -0.05) is 82.7 Å². The van der Waals surface area contributed by atoms with Gasteiger partial charge < -0.3 is 10.6 Å². The highest BCUT2D eigenvalue weighted by Gasteiger charge is 2.10. The molecule has 0 bridgehead atoms. The molecule has 0 fully saturated rings. The van der Waals surface area contributed by atoms with E-state index in [-0.39, 0.29) is 0 Å². The smallest absolute Gasteiger partial charge is 0.0390 e. The van der Waals surface area contributed by atoms with Crippen LogP contribution in [0.5, 0.6) is 0 Å². The molecule has 0 saturated heterocycles. The number of anilines is 4. The van der Waals surface area contributed by atoms with Crippen molar-refractivity contribution in [1.82, 2.24) is 0 Å². The molecular weight excluding hydrogens is 468 g/mol. The molecule has 2 nitrogen and oxygen atoms in total. The van der Waals surface area contributed by atoms with Gasteiger partial charge in [-0.25, -0.2) is 0 Å². The highest BCUT2D eigenvalue weighted by Crippen LogP contribution is 2.36. The van der Waals surface area contributed by atoms with Gasteiger partial charge in [0.25, 0.3) is 0 Å². The largest absolute Gasteiger partial charge is 0.356 e. The minimum Gasteiger partial charge on any atom is -0.356 e. The highest BCUT2D eigenvalue weighted by atomic mass is 79.9. The maximum atomic E-state index is 3.56. The van der Waals surface area contributed by atoms with Gasteiger partial charge in [-0.05, 0) is 82.9 Å². The zero-order valence-corrected chi connectivity index (χ0v) is 19.6. The lowest BCUT2D eigenvalue weighted by Crippen LogP contribution is -1.93. The molecule has 0 spiro atoms. The van der Waals surface area contributed by atoms with Crippen LogP contribution in [0, 0.1) is 0 Å². The predicted molar refractivity (Wildman–Crippen MR) is 144 cm³/mol. The second-order valence-corrected chi connectivity index (χ2v) is 8.74. The minimum absolute atomic E-state index is 1.06. The van der Waals surface area contributed by atoms with Crippen molar-refractivity contribution >= 4 is 38.7 Å². The molecule has 0 aromatic heterocycles. The molecule has 160 valence electrons. The van der Waals surface area contributed by atoms with E-state index in [1.54, 1.807) is 0 Å². The van der Waals surface area contributed by atoms with Crippen LogP contribution in [0.1, 0.15) is 0 Å². The summed E-state index contributed by atoms with van der Waals surface area (Å²) in [4.78, 5) is 0. The minimum atomic E-state index is 1.06. The van der Waals surface area contributed by atoms with Gasteiger partial charge in [-0.2, -0.15) is 0 Å². The van der Waals surface area contributed by atoms with E-state index in [0.29, 0.717) is 0 Å². The van der Waals surface area contributed by atoms with Crippen molar-refractivity contribution in [1.29, 1.82) is 0 Å². The number of benzene rings is 5. The van der Waals surface area contributed by atoms with Crippen molar-refractivity contribution < 1.29 is 0 Å². The summed E-state index contributed by atoms with van der Waals surface area (Å²) < 4.78 is 1.07. The number of para-hydroxylation sites is 2. The van der Waals surface area contributed by atoms with Gasteiger partial charge in [0.2, 0.25) is 0 Å². The molecule has 0 aliphatic rings. The molecule has 5 rings (SSSR count). The van der Waals surface area contributed by atoms with Crippen molar-refractivity contribution in [3.05, 3.63) is 132 Å². The lowest BCUT2D eigenvalue weighted by atomic mass is 9.94. The Morgan fingerprint density at radius 2 is 0.848 bits per heavy atom. The second kappa shape index (κ2) is 9.76. The summed E-state index contributed by atoms with van der Waals surface area (Å²) in [6, 6.07) is 44.1. The number of nitrogens with one attached hydrogen (secondary N) is 2. The van der Waals surface area contributed by atoms with Crippen LogP contribution < -0.4 is 10.6 Å². The molecule has 33 heavy (non-hydrogen) atoms. The molecule has 0 aliphatic carbocycles. The molecule has 5 aromatic carbocycles. The Morgan fingerprint density at radius 1 is 0.394 bits per heavy atom. The fraction of sp³-hybridized carbons (Fsp3) is 0. The van der Waals surface area contributed by atoms with E-state index in [9.17, 15) is 0 Å². The van der Waals surface area contributed by atoms with E-state index >= 15 is 0 Å². The van der Waals surface area contributed by atoms with Crippen LogP contribution in [0.3, 0.4) is 0 Å². The van der Waals surface area contributed by atoms with Gasteiger partial charge in [0.15, 0.2) is 0 Å². The molecule has 2 N–H and O–H groups in total. The molecule has 0 saturated carbocycles. The van der Waals surface area contributed by atoms with Gasteiger partial charge in [0, 0.05) is 27.2 Å². The molecule has 0 heterocycles. The monoisotopic (exact) mass is 490 g/mol. The molecule has 0 aliphatic heterocycles. The normalized spacial score (nSPS) is 10.6. The number of hydrogen-bond donors (Lipinski definition) is 2. The van der Waals surface area contributed by atoms with Gasteiger partial charge in [-0.3, -0.25) is 0 Å². The molecular formula is C30H23BrN2. The fourth-order valence-electron chi connectivity index (χ4n) is 3.85. The SMILES string of the molecule is Brc1ccc(-c2cc(Nc3ccccc3)ccc2-c2ccc(Nc3ccccc3)cc2)cc1. The Balaban J connectivity index is 1.49. The van der Waals surface area contributed by atoms with Crippen LogP contribution in [-0.4, -0.2) is 0 Å². The fourth-order valence-corrected chi connectivity index (χ4v) is 4.12. The predicted octanol–water partition coefficient (Wildman–Crippen LogP) is 9.27. The summed E-state index contributed by atoms with van der Waals surface area (Å²) in [6.07, 6.45) is 0. The summed E-state index contributed by atoms with van der Waals surface area (Å²) in [5.41, 5.74) is 9.02. The highest BCUT2D eigenvalue weighted by molar-refractivity contribution is 9.10. The van der Waals surface area contributed by atoms with Gasteiger partial charge in [0.1, 0.15) is 0 Å². The number of halogens is 1. The summed E-state index contributed by atoms with van der Waals surface area (Å²) in [7, 11) is 0. The van der Waals surface area contributed by atoms with Crippen molar-refractivity contribution in [3.63, 3.8) is 0 Å². The third kappa shape index (κ3) is 5.16. The summed E-state index contributed by atoms with van der Waals surface area (Å²) in [5, 5.41) is 6.98. The van der Waals surface area contributed by atoms with Crippen molar-refractivity contribution in [2.24, 2.45) is 0 Å². The van der Waals surface area contributed by atoms with Crippen LogP contribution in [0.25, 0.3) is 22.3 Å². The summed E-state index contributed by atoms with van der Waals surface area (Å²) in [6.45, 7) is 0. The Hall–Kier alpha value is -3.82. The molecule has 0 radical (unpaired) electrons. The Bertz CT molecular complexity index is 1330.